The molecular formula is C10H3F3LiN4. The summed E-state index contributed by atoms with van der Waals surface area (Å²) in [6.07, 6.45) is -4.64. The molecule has 8 heteroatoms. The van der Waals surface area contributed by atoms with Gasteiger partial charge in [0.2, 0.25) is 5.82 Å². The van der Waals surface area contributed by atoms with Gasteiger partial charge in [0.25, 0.3) is 0 Å². The van der Waals surface area contributed by atoms with E-state index in [1.165, 1.54) is 12.1 Å². The van der Waals surface area contributed by atoms with Crippen LogP contribution in [-0.2, 0) is 6.18 Å². The first-order chi connectivity index (χ1) is 7.97. The molecule has 0 saturated carbocycles. The summed E-state index contributed by atoms with van der Waals surface area (Å²) in [5.74, 6) is -1.22. The topological polar surface area (TPSA) is 76.3 Å². The van der Waals surface area contributed by atoms with Crippen LogP contribution < -0.4 is 0 Å². The molecule has 0 bridgehead atoms. The molecule has 0 aliphatic rings. The predicted molar refractivity (Wildman–Crippen MR) is 56.3 cm³/mol. The van der Waals surface area contributed by atoms with Crippen molar-refractivity contribution < 1.29 is 13.2 Å². The summed E-state index contributed by atoms with van der Waals surface area (Å²) in [4.78, 5) is 5.33. The summed E-state index contributed by atoms with van der Waals surface area (Å²) in [6.45, 7) is 0. The van der Waals surface area contributed by atoms with E-state index < -0.39 is 12.0 Å². The van der Waals surface area contributed by atoms with Gasteiger partial charge in [-0.25, -0.2) is 4.98 Å². The first kappa shape index (κ1) is 14.1. The second kappa shape index (κ2) is 4.74. The van der Waals surface area contributed by atoms with Gasteiger partial charge in [-0.2, -0.15) is 23.7 Å². The Labute approximate surface area is 111 Å². The third-order valence-corrected chi connectivity index (χ3v) is 2.15. The van der Waals surface area contributed by atoms with Gasteiger partial charge in [0.1, 0.15) is 17.7 Å². The molecule has 1 aromatic heterocycles. The molecule has 1 heterocycles. The second-order valence-corrected chi connectivity index (χ2v) is 3.19. The zero-order valence-corrected chi connectivity index (χ0v) is 9.13. The normalized spacial score (nSPS) is 10.5. The molecule has 1 aromatic carbocycles. The number of benzene rings is 1. The SMILES string of the molecule is N#Cc1ccc(C#N)c2[nH]c(C(F)(F)F)nc12.[Li]. The van der Waals surface area contributed by atoms with Crippen molar-refractivity contribution in [3.05, 3.63) is 29.1 Å². The number of aromatic nitrogens is 2. The Hall–Kier alpha value is -1.94. The molecule has 1 radical (unpaired) electrons. The van der Waals surface area contributed by atoms with Crippen LogP contribution in [0.25, 0.3) is 11.0 Å². The minimum atomic E-state index is -4.64. The molecule has 85 valence electrons. The fraction of sp³-hybridized carbons (Fsp3) is 0.100. The Morgan fingerprint density at radius 2 is 1.67 bits per heavy atom. The van der Waals surface area contributed by atoms with Gasteiger partial charge in [0, 0.05) is 18.9 Å². The molecular weight excluding hydrogens is 240 g/mol. The number of nitrogens with one attached hydrogen (secondary N) is 1. The van der Waals surface area contributed by atoms with Crippen LogP contribution in [0.5, 0.6) is 0 Å². The maximum absolute atomic E-state index is 12.4. The number of alkyl halides is 3. The van der Waals surface area contributed by atoms with E-state index in [0.29, 0.717) is 0 Å². The molecule has 2 aromatic rings. The molecule has 0 saturated heterocycles. The summed E-state index contributed by atoms with van der Waals surface area (Å²) >= 11 is 0. The van der Waals surface area contributed by atoms with Gasteiger partial charge in [-0.15, -0.1) is 0 Å². The van der Waals surface area contributed by atoms with E-state index in [4.69, 9.17) is 10.5 Å². The molecule has 0 atom stereocenters. The third-order valence-electron chi connectivity index (χ3n) is 2.15. The van der Waals surface area contributed by atoms with E-state index in [2.05, 4.69) is 4.98 Å². The molecule has 1 N–H and O–H groups in total. The van der Waals surface area contributed by atoms with Crippen molar-refractivity contribution in [2.45, 2.75) is 6.18 Å². The maximum atomic E-state index is 12.4. The average molecular weight is 243 g/mol. The molecule has 4 nitrogen and oxygen atoms in total. The van der Waals surface area contributed by atoms with Gasteiger partial charge in [-0.1, -0.05) is 0 Å². The number of nitriles is 2. The summed E-state index contributed by atoms with van der Waals surface area (Å²) in [7, 11) is 0. The minimum absolute atomic E-state index is 0. The van der Waals surface area contributed by atoms with Crippen molar-refractivity contribution in [2.24, 2.45) is 0 Å². The van der Waals surface area contributed by atoms with Crippen molar-refractivity contribution in [3.63, 3.8) is 0 Å². The van der Waals surface area contributed by atoms with E-state index >= 15 is 0 Å². The minimum Gasteiger partial charge on any atom is -0.333 e. The van der Waals surface area contributed by atoms with Crippen molar-refractivity contribution in [1.29, 1.82) is 10.5 Å². The summed E-state index contributed by atoms with van der Waals surface area (Å²) in [5, 5.41) is 17.5. The first-order valence-electron chi connectivity index (χ1n) is 4.37. The average Bonchev–Trinajstić information content (AvgIpc) is 2.72. The van der Waals surface area contributed by atoms with Crippen LogP contribution in [0.4, 0.5) is 13.2 Å². The first-order valence-corrected chi connectivity index (χ1v) is 4.37. The van der Waals surface area contributed by atoms with Crippen LogP contribution in [0.15, 0.2) is 12.1 Å². The fourth-order valence-corrected chi connectivity index (χ4v) is 1.41. The predicted octanol–water partition coefficient (Wildman–Crippen LogP) is 1.94. The standard InChI is InChI=1S/C10H3F3N4.Li/c11-10(12,13)9-16-7-5(3-14)1-2-6(4-15)8(7)17-9;/h1-2H,(H,16,17);. The number of halogens is 3. The van der Waals surface area contributed by atoms with E-state index in [1.54, 1.807) is 12.1 Å². The Morgan fingerprint density at radius 3 is 2.17 bits per heavy atom. The Morgan fingerprint density at radius 1 is 1.11 bits per heavy atom. The molecule has 0 fully saturated rings. The van der Waals surface area contributed by atoms with Gasteiger partial charge in [-0.3, -0.25) is 0 Å². The number of aromatic amines is 1. The van der Waals surface area contributed by atoms with Crippen molar-refractivity contribution >= 4 is 29.9 Å². The van der Waals surface area contributed by atoms with Gasteiger partial charge in [0.15, 0.2) is 0 Å². The number of hydrogen-bond acceptors (Lipinski definition) is 3. The fourth-order valence-electron chi connectivity index (χ4n) is 1.41. The number of fused-ring (bicyclic) bond motifs is 1. The molecule has 0 aliphatic heterocycles. The van der Waals surface area contributed by atoms with Crippen LogP contribution in [0, 0.1) is 22.7 Å². The number of hydrogen-bond donors (Lipinski definition) is 1. The van der Waals surface area contributed by atoms with Gasteiger partial charge < -0.3 is 4.98 Å². The van der Waals surface area contributed by atoms with Crippen molar-refractivity contribution in [2.75, 3.05) is 0 Å². The quantitative estimate of drug-likeness (QED) is 0.718. The molecule has 0 amide bonds. The van der Waals surface area contributed by atoms with Gasteiger partial charge >= 0.3 is 6.18 Å². The monoisotopic (exact) mass is 243 g/mol. The molecule has 18 heavy (non-hydrogen) atoms. The Balaban J connectivity index is 0.00000162. The van der Waals surface area contributed by atoms with Crippen molar-refractivity contribution in [1.82, 2.24) is 9.97 Å². The van der Waals surface area contributed by atoms with E-state index in [0.717, 1.165) is 0 Å². The molecule has 0 unspecified atom stereocenters. The largest absolute Gasteiger partial charge is 0.449 e. The third kappa shape index (κ3) is 2.19. The number of nitrogens with zero attached hydrogens (tertiary/aromatic N) is 3. The summed E-state index contributed by atoms with van der Waals surface area (Å²) < 4.78 is 37.3. The van der Waals surface area contributed by atoms with Crippen LogP contribution >= 0.6 is 0 Å². The zero-order valence-electron chi connectivity index (χ0n) is 9.13. The number of imidazole rings is 1. The number of H-pyrrole nitrogens is 1. The van der Waals surface area contributed by atoms with Crippen LogP contribution in [-0.4, -0.2) is 28.8 Å². The number of rotatable bonds is 0. The van der Waals surface area contributed by atoms with Crippen LogP contribution in [0.3, 0.4) is 0 Å². The smallest absolute Gasteiger partial charge is 0.333 e. The van der Waals surface area contributed by atoms with Crippen molar-refractivity contribution in [3.8, 4) is 12.1 Å². The van der Waals surface area contributed by atoms with E-state index in [-0.39, 0.29) is 41.0 Å². The molecule has 2 rings (SSSR count). The molecule has 0 spiro atoms. The summed E-state index contributed by atoms with van der Waals surface area (Å²) in [5.41, 5.74) is -0.203. The van der Waals surface area contributed by atoms with Gasteiger partial charge in [0.05, 0.1) is 16.6 Å². The Kier molecular flexibility index (Phi) is 3.72. The second-order valence-electron chi connectivity index (χ2n) is 3.19. The summed E-state index contributed by atoms with van der Waals surface area (Å²) in [6, 6.07) is 6.01. The van der Waals surface area contributed by atoms with E-state index in [9.17, 15) is 13.2 Å². The van der Waals surface area contributed by atoms with Gasteiger partial charge in [-0.05, 0) is 12.1 Å². The zero-order chi connectivity index (χ0) is 12.6. The van der Waals surface area contributed by atoms with Crippen LogP contribution in [0.1, 0.15) is 17.0 Å². The van der Waals surface area contributed by atoms with Crippen LogP contribution in [0.2, 0.25) is 0 Å². The maximum Gasteiger partial charge on any atom is 0.449 e. The molecule has 0 aliphatic carbocycles. The van der Waals surface area contributed by atoms with E-state index in [1.807, 2.05) is 4.98 Å². The Bertz CT molecular complexity index is 624.